The highest BCUT2D eigenvalue weighted by molar-refractivity contribution is 5.76. The van der Waals surface area contributed by atoms with Gasteiger partial charge in [0.15, 0.2) is 5.82 Å². The number of halogens is 3. The van der Waals surface area contributed by atoms with Gasteiger partial charge in [-0.15, -0.1) is 10.2 Å². The van der Waals surface area contributed by atoms with E-state index in [2.05, 4.69) is 10.2 Å². The Balaban J connectivity index is 1.57. The minimum atomic E-state index is -4.52. The number of amides is 1. The van der Waals surface area contributed by atoms with E-state index >= 15 is 0 Å². The molecule has 0 fully saturated rings. The van der Waals surface area contributed by atoms with Crippen molar-refractivity contribution in [1.82, 2.24) is 24.2 Å². The van der Waals surface area contributed by atoms with E-state index in [1.54, 1.807) is 4.90 Å². The molecule has 0 bridgehead atoms. The summed E-state index contributed by atoms with van der Waals surface area (Å²) >= 11 is 0. The van der Waals surface area contributed by atoms with Crippen LogP contribution in [-0.2, 0) is 30.6 Å². The van der Waals surface area contributed by atoms with E-state index in [9.17, 15) is 18.0 Å². The summed E-state index contributed by atoms with van der Waals surface area (Å²) in [6, 6.07) is 3.83. The molecule has 0 atom stereocenters. The average molecular weight is 327 g/mol. The molecule has 2 aromatic rings. The first-order valence-corrected chi connectivity index (χ1v) is 7.33. The number of hydrogen-bond acceptors (Lipinski definition) is 3. The van der Waals surface area contributed by atoms with Crippen molar-refractivity contribution in [2.24, 2.45) is 0 Å². The molecule has 6 nitrogen and oxygen atoms in total. The first-order chi connectivity index (χ1) is 10.9. The lowest BCUT2D eigenvalue weighted by Gasteiger charge is -2.28. The fraction of sp³-hybridized carbons (Fsp3) is 0.500. The highest BCUT2D eigenvalue weighted by atomic mass is 19.4. The topological polar surface area (TPSA) is 56.0 Å². The average Bonchev–Trinajstić information content (AvgIpc) is 3.14. The van der Waals surface area contributed by atoms with Gasteiger partial charge in [0.05, 0.1) is 6.54 Å². The SMILES string of the molecule is O=C(CCCn1cccc1)N1CCn2c(nnc2C(F)(F)F)C1. The normalized spacial score (nSPS) is 14.8. The summed E-state index contributed by atoms with van der Waals surface area (Å²) in [5.41, 5.74) is 0. The molecule has 2 aromatic heterocycles. The van der Waals surface area contributed by atoms with Gasteiger partial charge in [0.1, 0.15) is 0 Å². The highest BCUT2D eigenvalue weighted by Crippen LogP contribution is 2.29. The van der Waals surface area contributed by atoms with Crippen LogP contribution in [0.15, 0.2) is 24.5 Å². The first-order valence-electron chi connectivity index (χ1n) is 7.33. The van der Waals surface area contributed by atoms with Crippen molar-refractivity contribution in [1.29, 1.82) is 0 Å². The lowest BCUT2D eigenvalue weighted by Crippen LogP contribution is -2.39. The third kappa shape index (κ3) is 3.38. The van der Waals surface area contributed by atoms with Crippen molar-refractivity contribution < 1.29 is 18.0 Å². The van der Waals surface area contributed by atoms with Gasteiger partial charge in [-0.3, -0.25) is 4.79 Å². The van der Waals surface area contributed by atoms with Crippen LogP contribution < -0.4 is 0 Å². The van der Waals surface area contributed by atoms with Crippen molar-refractivity contribution in [3.63, 3.8) is 0 Å². The number of aryl methyl sites for hydroxylation is 1. The summed E-state index contributed by atoms with van der Waals surface area (Å²) in [5, 5.41) is 6.78. The smallest absolute Gasteiger partial charge is 0.354 e. The van der Waals surface area contributed by atoms with Crippen molar-refractivity contribution >= 4 is 5.91 Å². The largest absolute Gasteiger partial charge is 0.451 e. The maximum atomic E-state index is 12.8. The molecule has 1 aliphatic heterocycles. The Bertz CT molecular complexity index is 677. The molecule has 124 valence electrons. The van der Waals surface area contributed by atoms with Crippen LogP contribution >= 0.6 is 0 Å². The van der Waals surface area contributed by atoms with E-state index in [-0.39, 0.29) is 31.4 Å². The third-order valence-corrected chi connectivity index (χ3v) is 3.83. The predicted octanol–water partition coefficient (Wildman–Crippen LogP) is 1.92. The van der Waals surface area contributed by atoms with Crippen molar-refractivity contribution in [2.75, 3.05) is 6.54 Å². The van der Waals surface area contributed by atoms with E-state index in [0.717, 1.165) is 11.1 Å². The summed E-state index contributed by atoms with van der Waals surface area (Å²) in [4.78, 5) is 13.7. The van der Waals surface area contributed by atoms with Crippen LogP contribution in [0.5, 0.6) is 0 Å². The summed E-state index contributed by atoms with van der Waals surface area (Å²) in [6.07, 6.45) is 0.371. The Kier molecular flexibility index (Phi) is 4.10. The van der Waals surface area contributed by atoms with Crippen LogP contribution in [0.4, 0.5) is 13.2 Å². The molecule has 0 spiro atoms. The van der Waals surface area contributed by atoms with Crippen LogP contribution in [0.1, 0.15) is 24.5 Å². The molecule has 9 heteroatoms. The standard InChI is InChI=1S/C14H16F3N5O/c15-14(16,17)13-19-18-11-10-21(8-9-22(11)13)12(23)4-3-7-20-5-1-2-6-20/h1-2,5-6H,3-4,7-10H2. The van der Waals surface area contributed by atoms with Crippen LogP contribution in [0.25, 0.3) is 0 Å². The second-order valence-electron chi connectivity index (χ2n) is 5.43. The lowest BCUT2D eigenvalue weighted by molar-refractivity contribution is -0.148. The van der Waals surface area contributed by atoms with Crippen LogP contribution in [0, 0.1) is 0 Å². The number of nitrogens with zero attached hydrogens (tertiary/aromatic N) is 5. The van der Waals surface area contributed by atoms with Crippen LogP contribution in [-0.4, -0.2) is 36.7 Å². The maximum absolute atomic E-state index is 12.8. The van der Waals surface area contributed by atoms with Gasteiger partial charge in [-0.25, -0.2) is 0 Å². The number of rotatable bonds is 4. The zero-order valence-electron chi connectivity index (χ0n) is 12.3. The lowest BCUT2D eigenvalue weighted by atomic mass is 10.2. The number of hydrogen-bond donors (Lipinski definition) is 0. The van der Waals surface area contributed by atoms with Crippen molar-refractivity contribution in [3.8, 4) is 0 Å². The fourth-order valence-electron chi connectivity index (χ4n) is 2.67. The number of aromatic nitrogens is 4. The Labute approximate surface area is 130 Å². The van der Waals surface area contributed by atoms with Crippen molar-refractivity contribution in [2.45, 2.75) is 38.7 Å². The van der Waals surface area contributed by atoms with Gasteiger partial charge in [0.25, 0.3) is 0 Å². The quantitative estimate of drug-likeness (QED) is 0.862. The van der Waals surface area contributed by atoms with Gasteiger partial charge < -0.3 is 14.0 Å². The van der Waals surface area contributed by atoms with Gasteiger partial charge in [-0.2, -0.15) is 13.2 Å². The van der Waals surface area contributed by atoms with Gasteiger partial charge >= 0.3 is 6.18 Å². The molecule has 0 saturated heterocycles. The number of carbonyl (C=O) groups excluding carboxylic acids is 1. The zero-order chi connectivity index (χ0) is 16.4. The monoisotopic (exact) mass is 327 g/mol. The van der Waals surface area contributed by atoms with E-state index < -0.39 is 12.0 Å². The number of fused-ring (bicyclic) bond motifs is 1. The number of alkyl halides is 3. The van der Waals surface area contributed by atoms with Crippen LogP contribution in [0.2, 0.25) is 0 Å². The molecule has 0 N–H and O–H groups in total. The summed E-state index contributed by atoms with van der Waals surface area (Å²) in [6.45, 7) is 1.13. The second-order valence-corrected chi connectivity index (χ2v) is 5.43. The Hall–Kier alpha value is -2.32. The number of carbonyl (C=O) groups is 1. The molecule has 0 radical (unpaired) electrons. The Morgan fingerprint density at radius 3 is 2.61 bits per heavy atom. The Morgan fingerprint density at radius 2 is 1.91 bits per heavy atom. The molecule has 0 unspecified atom stereocenters. The molecule has 1 aliphatic rings. The third-order valence-electron chi connectivity index (χ3n) is 3.83. The summed E-state index contributed by atoms with van der Waals surface area (Å²) in [5.74, 6) is -0.880. The van der Waals surface area contributed by atoms with Crippen LogP contribution in [0.3, 0.4) is 0 Å². The van der Waals surface area contributed by atoms with Gasteiger partial charge in [0, 0.05) is 38.4 Å². The van der Waals surface area contributed by atoms with Gasteiger partial charge in [-0.1, -0.05) is 0 Å². The molecular weight excluding hydrogens is 311 g/mol. The minimum Gasteiger partial charge on any atom is -0.354 e. The van der Waals surface area contributed by atoms with Gasteiger partial charge in [-0.05, 0) is 18.6 Å². The molecule has 3 rings (SSSR count). The summed E-state index contributed by atoms with van der Waals surface area (Å²) < 4.78 is 41.3. The molecule has 0 aromatic carbocycles. The molecule has 0 saturated carbocycles. The maximum Gasteiger partial charge on any atom is 0.451 e. The first kappa shape index (κ1) is 15.6. The minimum absolute atomic E-state index is 0.0695. The molecule has 1 amide bonds. The van der Waals surface area contributed by atoms with Crippen molar-refractivity contribution in [3.05, 3.63) is 36.2 Å². The molecule has 23 heavy (non-hydrogen) atoms. The zero-order valence-corrected chi connectivity index (χ0v) is 12.3. The molecule has 3 heterocycles. The highest BCUT2D eigenvalue weighted by Gasteiger charge is 2.39. The Morgan fingerprint density at radius 1 is 1.17 bits per heavy atom. The fourth-order valence-corrected chi connectivity index (χ4v) is 2.67. The summed E-state index contributed by atoms with van der Waals surface area (Å²) in [7, 11) is 0. The second kappa shape index (κ2) is 6.05. The van der Waals surface area contributed by atoms with E-state index in [1.807, 2.05) is 29.1 Å². The molecule has 0 aliphatic carbocycles. The van der Waals surface area contributed by atoms with E-state index in [4.69, 9.17) is 0 Å². The van der Waals surface area contributed by atoms with E-state index in [1.165, 1.54) is 0 Å². The molecular formula is C14H16F3N5O. The van der Waals surface area contributed by atoms with Gasteiger partial charge in [0.2, 0.25) is 11.7 Å². The van der Waals surface area contributed by atoms with E-state index in [0.29, 0.717) is 12.8 Å². The predicted molar refractivity (Wildman–Crippen MR) is 74.1 cm³/mol.